The van der Waals surface area contributed by atoms with Crippen LogP contribution in [0.1, 0.15) is 11.3 Å². The maximum Gasteiger partial charge on any atom is 0.388 e. The summed E-state index contributed by atoms with van der Waals surface area (Å²) < 4.78 is 30.3. The number of hydrogen-bond acceptors (Lipinski definition) is 4. The minimum atomic E-state index is -3.07. The predicted octanol–water partition coefficient (Wildman–Crippen LogP) is 1.84. The van der Waals surface area contributed by atoms with Crippen LogP contribution >= 0.6 is 0 Å². The highest BCUT2D eigenvalue weighted by atomic mass is 19.3. The van der Waals surface area contributed by atoms with Crippen molar-refractivity contribution in [2.75, 3.05) is 0 Å². The van der Waals surface area contributed by atoms with E-state index in [0.717, 1.165) is 4.68 Å². The lowest BCUT2D eigenvalue weighted by Crippen LogP contribution is -2.09. The zero-order chi connectivity index (χ0) is 13.8. The molecule has 7 heteroatoms. The smallest absolute Gasteiger partial charge is 0.388 e. The van der Waals surface area contributed by atoms with Gasteiger partial charge in [-0.15, -0.1) is 0 Å². The zero-order valence-electron chi connectivity index (χ0n) is 9.62. The Balaban J connectivity index is 2.60. The topological polar surface area (TPSA) is 71.1 Å². The number of nitriles is 1. The van der Waals surface area contributed by atoms with Gasteiger partial charge < -0.3 is 9.84 Å². The Morgan fingerprint density at radius 1 is 1.37 bits per heavy atom. The van der Waals surface area contributed by atoms with Gasteiger partial charge in [0.1, 0.15) is 6.07 Å². The molecule has 0 aliphatic carbocycles. The summed E-state index contributed by atoms with van der Waals surface area (Å²) in [7, 11) is 0. The molecule has 0 aliphatic rings. The average Bonchev–Trinajstić information content (AvgIpc) is 2.76. The van der Waals surface area contributed by atoms with E-state index in [1.54, 1.807) is 36.4 Å². The molecule has 1 aromatic heterocycles. The van der Waals surface area contributed by atoms with E-state index in [1.807, 2.05) is 0 Å². The number of alkyl halides is 2. The standard InChI is InChI=1S/C12H9F2N3O2/c13-12(14)19-11-9(7-18)10(6-15)16-17(11)8-4-2-1-3-5-8/h1-5,12,18H,7H2. The average molecular weight is 265 g/mol. The largest absolute Gasteiger partial charge is 0.416 e. The monoisotopic (exact) mass is 265 g/mol. The number of benzene rings is 1. The van der Waals surface area contributed by atoms with Gasteiger partial charge >= 0.3 is 6.61 Å². The first-order chi connectivity index (χ1) is 9.17. The van der Waals surface area contributed by atoms with Gasteiger partial charge in [-0.05, 0) is 12.1 Å². The minimum absolute atomic E-state index is 0.0633. The summed E-state index contributed by atoms with van der Waals surface area (Å²) in [6.45, 7) is -3.69. The second kappa shape index (κ2) is 5.46. The summed E-state index contributed by atoms with van der Waals surface area (Å²) in [6, 6.07) is 10.1. The van der Waals surface area contributed by atoms with Gasteiger partial charge in [-0.1, -0.05) is 18.2 Å². The molecule has 0 bridgehead atoms. The van der Waals surface area contributed by atoms with E-state index in [2.05, 4.69) is 9.84 Å². The molecule has 2 aromatic rings. The van der Waals surface area contributed by atoms with Crippen LogP contribution < -0.4 is 4.74 Å². The van der Waals surface area contributed by atoms with Crippen molar-refractivity contribution in [3.05, 3.63) is 41.6 Å². The van der Waals surface area contributed by atoms with Crippen molar-refractivity contribution >= 4 is 0 Å². The second-order valence-electron chi connectivity index (χ2n) is 3.53. The fourth-order valence-corrected chi connectivity index (χ4v) is 1.62. The SMILES string of the molecule is N#Cc1nn(-c2ccccc2)c(OC(F)F)c1CO. The van der Waals surface area contributed by atoms with Crippen molar-refractivity contribution in [1.29, 1.82) is 5.26 Å². The molecule has 0 radical (unpaired) electrons. The number of rotatable bonds is 4. The van der Waals surface area contributed by atoms with Gasteiger partial charge in [-0.3, -0.25) is 0 Å². The first-order valence-corrected chi connectivity index (χ1v) is 5.30. The number of para-hydroxylation sites is 1. The van der Waals surface area contributed by atoms with Gasteiger partial charge in [-0.25, -0.2) is 0 Å². The number of aromatic nitrogens is 2. The Labute approximate surface area is 107 Å². The van der Waals surface area contributed by atoms with E-state index in [9.17, 15) is 13.9 Å². The highest BCUT2D eigenvalue weighted by Gasteiger charge is 2.22. The lowest BCUT2D eigenvalue weighted by atomic mass is 10.2. The third-order valence-corrected chi connectivity index (χ3v) is 2.40. The molecule has 0 unspecified atom stereocenters. The molecule has 0 saturated carbocycles. The van der Waals surface area contributed by atoms with Crippen LogP contribution in [0.3, 0.4) is 0 Å². The van der Waals surface area contributed by atoms with E-state index >= 15 is 0 Å². The first kappa shape index (κ1) is 13.0. The number of aliphatic hydroxyl groups excluding tert-OH is 1. The van der Waals surface area contributed by atoms with Crippen LogP contribution in [-0.4, -0.2) is 21.5 Å². The van der Waals surface area contributed by atoms with Crippen LogP contribution in [0.4, 0.5) is 8.78 Å². The zero-order valence-corrected chi connectivity index (χ0v) is 9.62. The third-order valence-electron chi connectivity index (χ3n) is 2.40. The Kier molecular flexibility index (Phi) is 3.73. The van der Waals surface area contributed by atoms with Crippen LogP contribution in [0.2, 0.25) is 0 Å². The molecule has 0 saturated heterocycles. The van der Waals surface area contributed by atoms with Gasteiger partial charge in [0.15, 0.2) is 5.69 Å². The van der Waals surface area contributed by atoms with Crippen molar-refractivity contribution in [3.8, 4) is 17.6 Å². The van der Waals surface area contributed by atoms with E-state index in [1.165, 1.54) is 0 Å². The van der Waals surface area contributed by atoms with Crippen LogP contribution in [0, 0.1) is 11.3 Å². The number of aliphatic hydroxyl groups is 1. The first-order valence-electron chi connectivity index (χ1n) is 5.30. The van der Waals surface area contributed by atoms with E-state index < -0.39 is 13.2 Å². The Hall–Kier alpha value is -2.46. The summed E-state index contributed by atoms with van der Waals surface area (Å²) in [5, 5.41) is 21.9. The minimum Gasteiger partial charge on any atom is -0.416 e. The summed E-state index contributed by atoms with van der Waals surface area (Å²) in [4.78, 5) is 0. The molecular formula is C12H9F2N3O2. The van der Waals surface area contributed by atoms with Crippen LogP contribution in [0.5, 0.6) is 5.88 Å². The number of hydrogen-bond donors (Lipinski definition) is 1. The molecule has 98 valence electrons. The molecule has 0 spiro atoms. The molecule has 5 nitrogen and oxygen atoms in total. The van der Waals surface area contributed by atoms with E-state index in [0.29, 0.717) is 5.69 Å². The fraction of sp³-hybridized carbons (Fsp3) is 0.167. The molecule has 19 heavy (non-hydrogen) atoms. The van der Waals surface area contributed by atoms with Crippen molar-refractivity contribution < 1.29 is 18.6 Å². The molecule has 2 rings (SSSR count). The normalized spacial score (nSPS) is 10.5. The predicted molar refractivity (Wildman–Crippen MR) is 60.8 cm³/mol. The Morgan fingerprint density at radius 3 is 2.58 bits per heavy atom. The van der Waals surface area contributed by atoms with Crippen LogP contribution in [-0.2, 0) is 6.61 Å². The summed E-state index contributed by atoms with van der Waals surface area (Å²) in [5.41, 5.74) is 0.239. The molecule has 1 aromatic carbocycles. The highest BCUT2D eigenvalue weighted by Crippen LogP contribution is 2.27. The molecule has 0 fully saturated rings. The molecular weight excluding hydrogens is 256 g/mol. The summed E-state index contributed by atoms with van der Waals surface area (Å²) in [5.74, 6) is -0.333. The van der Waals surface area contributed by atoms with Gasteiger partial charge in [0.05, 0.1) is 17.9 Å². The molecule has 0 atom stereocenters. The van der Waals surface area contributed by atoms with Gasteiger partial charge in [0.2, 0.25) is 5.88 Å². The molecule has 1 N–H and O–H groups in total. The second-order valence-corrected chi connectivity index (χ2v) is 3.53. The molecule has 0 amide bonds. The molecule has 1 heterocycles. The lowest BCUT2D eigenvalue weighted by Gasteiger charge is -2.09. The van der Waals surface area contributed by atoms with Gasteiger partial charge in [0.25, 0.3) is 0 Å². The van der Waals surface area contributed by atoms with Gasteiger partial charge in [0, 0.05) is 0 Å². The molecule has 0 aliphatic heterocycles. The van der Waals surface area contributed by atoms with Crippen molar-refractivity contribution in [3.63, 3.8) is 0 Å². The number of halogens is 2. The van der Waals surface area contributed by atoms with E-state index in [-0.39, 0.29) is 17.1 Å². The maximum atomic E-state index is 12.4. The quantitative estimate of drug-likeness (QED) is 0.915. The number of ether oxygens (including phenoxy) is 1. The Bertz CT molecular complexity index is 605. The third kappa shape index (κ3) is 2.53. The number of nitrogens with zero attached hydrogens (tertiary/aromatic N) is 3. The Morgan fingerprint density at radius 2 is 2.05 bits per heavy atom. The summed E-state index contributed by atoms with van der Waals surface area (Å²) >= 11 is 0. The van der Waals surface area contributed by atoms with Crippen molar-refractivity contribution in [2.45, 2.75) is 13.2 Å². The van der Waals surface area contributed by atoms with E-state index in [4.69, 9.17) is 5.26 Å². The maximum absolute atomic E-state index is 12.4. The van der Waals surface area contributed by atoms with Crippen LogP contribution in [0.15, 0.2) is 30.3 Å². The van der Waals surface area contributed by atoms with Crippen molar-refractivity contribution in [1.82, 2.24) is 9.78 Å². The van der Waals surface area contributed by atoms with Gasteiger partial charge in [-0.2, -0.15) is 23.8 Å². The highest BCUT2D eigenvalue weighted by molar-refractivity contribution is 5.45. The fourth-order valence-electron chi connectivity index (χ4n) is 1.62. The van der Waals surface area contributed by atoms with Crippen LogP contribution in [0.25, 0.3) is 5.69 Å². The lowest BCUT2D eigenvalue weighted by molar-refractivity contribution is -0.0555. The van der Waals surface area contributed by atoms with Crippen molar-refractivity contribution in [2.24, 2.45) is 0 Å². The summed E-state index contributed by atoms with van der Waals surface area (Å²) in [6.07, 6.45) is 0.